The second-order valence-corrected chi connectivity index (χ2v) is 4.00. The third-order valence-corrected chi connectivity index (χ3v) is 2.75. The summed E-state index contributed by atoms with van der Waals surface area (Å²) in [4.78, 5) is 0. The molecule has 0 fully saturated rings. The van der Waals surface area contributed by atoms with Crippen LogP contribution >= 0.6 is 11.6 Å². The maximum atomic E-state index is 5.93. The van der Waals surface area contributed by atoms with Crippen molar-refractivity contribution in [3.63, 3.8) is 0 Å². The highest BCUT2D eigenvalue weighted by Crippen LogP contribution is 2.20. The van der Waals surface area contributed by atoms with Crippen molar-refractivity contribution in [3.8, 4) is 0 Å². The van der Waals surface area contributed by atoms with Gasteiger partial charge in [-0.15, -0.1) is 0 Å². The van der Waals surface area contributed by atoms with Crippen LogP contribution in [0.15, 0.2) is 30.5 Å². The van der Waals surface area contributed by atoms with Crippen LogP contribution in [0.5, 0.6) is 0 Å². The molecule has 2 nitrogen and oxygen atoms in total. The number of nitrogens with one attached hydrogen (secondary N) is 1. The van der Waals surface area contributed by atoms with E-state index in [1.165, 1.54) is 10.9 Å². The zero-order chi connectivity index (χ0) is 10.7. The molecule has 0 saturated heterocycles. The van der Waals surface area contributed by atoms with Crippen molar-refractivity contribution in [2.75, 3.05) is 13.1 Å². The molecule has 3 heteroatoms. The molecule has 0 unspecified atom stereocenters. The summed E-state index contributed by atoms with van der Waals surface area (Å²) in [6.07, 6.45) is 2.11. The van der Waals surface area contributed by atoms with E-state index in [1.54, 1.807) is 0 Å². The van der Waals surface area contributed by atoms with Crippen molar-refractivity contribution in [1.29, 1.82) is 0 Å². The van der Waals surface area contributed by atoms with E-state index in [1.807, 2.05) is 12.1 Å². The Morgan fingerprint density at radius 2 is 2.20 bits per heavy atom. The summed E-state index contributed by atoms with van der Waals surface area (Å²) in [7, 11) is 0. The number of fused-ring (bicyclic) bond motifs is 1. The number of rotatable bonds is 4. The molecule has 1 N–H and O–H groups in total. The summed E-state index contributed by atoms with van der Waals surface area (Å²) >= 11 is 5.93. The third-order valence-electron chi connectivity index (χ3n) is 2.51. The molecule has 0 spiro atoms. The number of nitrogens with zero attached hydrogens (tertiary/aromatic N) is 1. The number of aromatic nitrogens is 1. The first-order valence-corrected chi connectivity index (χ1v) is 5.64. The zero-order valence-corrected chi connectivity index (χ0v) is 9.59. The van der Waals surface area contributed by atoms with Crippen LogP contribution in [-0.2, 0) is 6.54 Å². The lowest BCUT2D eigenvalue weighted by atomic mass is 10.2. The lowest BCUT2D eigenvalue weighted by molar-refractivity contribution is 0.627. The fraction of sp³-hybridized carbons (Fsp3) is 0.333. The Morgan fingerprint density at radius 3 is 3.00 bits per heavy atom. The molecular weight excluding hydrogens is 208 g/mol. The molecule has 0 aliphatic heterocycles. The molecule has 2 aromatic rings. The minimum Gasteiger partial charge on any atom is -0.346 e. The number of benzene rings is 1. The average molecular weight is 223 g/mol. The minimum atomic E-state index is 0.798. The Morgan fingerprint density at radius 1 is 1.33 bits per heavy atom. The van der Waals surface area contributed by atoms with E-state index in [0.717, 1.165) is 24.7 Å². The van der Waals surface area contributed by atoms with Crippen molar-refractivity contribution < 1.29 is 0 Å². The normalized spacial score (nSPS) is 11.1. The molecule has 1 heterocycles. The molecule has 0 atom stereocenters. The third kappa shape index (κ3) is 2.33. The fourth-order valence-electron chi connectivity index (χ4n) is 1.74. The molecule has 0 radical (unpaired) electrons. The van der Waals surface area contributed by atoms with Gasteiger partial charge in [-0.25, -0.2) is 0 Å². The maximum Gasteiger partial charge on any atom is 0.0481 e. The molecule has 15 heavy (non-hydrogen) atoms. The molecule has 2 rings (SSSR count). The van der Waals surface area contributed by atoms with Crippen LogP contribution in [0.3, 0.4) is 0 Å². The molecule has 80 valence electrons. The van der Waals surface area contributed by atoms with E-state index in [4.69, 9.17) is 11.6 Å². The first-order valence-electron chi connectivity index (χ1n) is 5.26. The first kappa shape index (κ1) is 10.5. The van der Waals surface area contributed by atoms with Crippen molar-refractivity contribution in [2.45, 2.75) is 13.5 Å². The average Bonchev–Trinajstić information content (AvgIpc) is 2.61. The van der Waals surface area contributed by atoms with Crippen molar-refractivity contribution >= 4 is 22.5 Å². The monoisotopic (exact) mass is 222 g/mol. The van der Waals surface area contributed by atoms with Crippen molar-refractivity contribution in [1.82, 2.24) is 9.88 Å². The van der Waals surface area contributed by atoms with E-state index in [2.05, 4.69) is 35.1 Å². The van der Waals surface area contributed by atoms with Crippen LogP contribution in [0.4, 0.5) is 0 Å². The van der Waals surface area contributed by atoms with E-state index in [0.29, 0.717) is 0 Å². The Hall–Kier alpha value is -0.990. The summed E-state index contributed by atoms with van der Waals surface area (Å²) < 4.78 is 2.24. The van der Waals surface area contributed by atoms with Gasteiger partial charge in [-0.2, -0.15) is 0 Å². The highest BCUT2D eigenvalue weighted by Gasteiger charge is 2.00. The van der Waals surface area contributed by atoms with Gasteiger partial charge < -0.3 is 9.88 Å². The lowest BCUT2D eigenvalue weighted by Gasteiger charge is -2.05. The zero-order valence-electron chi connectivity index (χ0n) is 8.83. The Kier molecular flexibility index (Phi) is 3.29. The van der Waals surface area contributed by atoms with Gasteiger partial charge in [0.2, 0.25) is 0 Å². The lowest BCUT2D eigenvalue weighted by Crippen LogP contribution is -2.18. The van der Waals surface area contributed by atoms with Gasteiger partial charge in [-0.05, 0) is 30.8 Å². The quantitative estimate of drug-likeness (QED) is 0.788. The molecule has 0 saturated carbocycles. The van der Waals surface area contributed by atoms with E-state index < -0.39 is 0 Å². The summed E-state index contributed by atoms with van der Waals surface area (Å²) in [5.41, 5.74) is 1.25. The van der Waals surface area contributed by atoms with Gasteiger partial charge in [0, 0.05) is 35.2 Å². The molecule has 0 bridgehead atoms. The Labute approximate surface area is 94.8 Å². The van der Waals surface area contributed by atoms with Crippen LogP contribution in [-0.4, -0.2) is 17.7 Å². The molecule has 0 amide bonds. The standard InChI is InChI=1S/C12H15ClN2/c1-2-14-6-8-15-7-5-10-9-11(13)3-4-12(10)15/h3-5,7,9,14H,2,6,8H2,1H3. The Bertz CT molecular complexity index is 448. The smallest absolute Gasteiger partial charge is 0.0481 e. The van der Waals surface area contributed by atoms with Crippen LogP contribution in [0.25, 0.3) is 10.9 Å². The number of hydrogen-bond donors (Lipinski definition) is 1. The summed E-state index contributed by atoms with van der Waals surface area (Å²) in [6.45, 7) is 5.14. The van der Waals surface area contributed by atoms with Crippen LogP contribution in [0.1, 0.15) is 6.92 Å². The molecular formula is C12H15ClN2. The minimum absolute atomic E-state index is 0.798. The predicted molar refractivity (Wildman–Crippen MR) is 65.5 cm³/mol. The van der Waals surface area contributed by atoms with Gasteiger partial charge in [0.05, 0.1) is 0 Å². The number of halogens is 1. The second-order valence-electron chi connectivity index (χ2n) is 3.57. The second kappa shape index (κ2) is 4.69. The van der Waals surface area contributed by atoms with E-state index in [9.17, 15) is 0 Å². The topological polar surface area (TPSA) is 17.0 Å². The first-order chi connectivity index (χ1) is 7.31. The highest BCUT2D eigenvalue weighted by molar-refractivity contribution is 6.31. The summed E-state index contributed by atoms with van der Waals surface area (Å²) in [6, 6.07) is 8.12. The van der Waals surface area contributed by atoms with Gasteiger partial charge in [0.1, 0.15) is 0 Å². The van der Waals surface area contributed by atoms with Gasteiger partial charge >= 0.3 is 0 Å². The predicted octanol–water partition coefficient (Wildman–Crippen LogP) is 2.90. The molecule has 1 aromatic heterocycles. The van der Waals surface area contributed by atoms with E-state index >= 15 is 0 Å². The molecule has 0 aliphatic rings. The van der Waals surface area contributed by atoms with Gasteiger partial charge in [0.15, 0.2) is 0 Å². The molecule has 0 aliphatic carbocycles. The van der Waals surface area contributed by atoms with Crippen LogP contribution in [0, 0.1) is 0 Å². The molecule has 1 aromatic carbocycles. The largest absolute Gasteiger partial charge is 0.346 e. The van der Waals surface area contributed by atoms with Crippen LogP contribution in [0.2, 0.25) is 5.02 Å². The fourth-order valence-corrected chi connectivity index (χ4v) is 1.92. The highest BCUT2D eigenvalue weighted by atomic mass is 35.5. The Balaban J connectivity index is 2.21. The van der Waals surface area contributed by atoms with Crippen molar-refractivity contribution in [2.24, 2.45) is 0 Å². The number of hydrogen-bond acceptors (Lipinski definition) is 1. The van der Waals surface area contributed by atoms with Gasteiger partial charge in [-0.1, -0.05) is 18.5 Å². The summed E-state index contributed by atoms with van der Waals surface area (Å²) in [5, 5.41) is 5.32. The van der Waals surface area contributed by atoms with Gasteiger partial charge in [0.25, 0.3) is 0 Å². The number of likely N-dealkylation sites (N-methyl/N-ethyl adjacent to an activating group) is 1. The van der Waals surface area contributed by atoms with Crippen LogP contribution < -0.4 is 5.32 Å². The van der Waals surface area contributed by atoms with Gasteiger partial charge in [-0.3, -0.25) is 0 Å². The maximum absolute atomic E-state index is 5.93. The van der Waals surface area contributed by atoms with Crippen molar-refractivity contribution in [3.05, 3.63) is 35.5 Å². The SMILES string of the molecule is CCNCCn1ccc2cc(Cl)ccc21. The summed E-state index contributed by atoms with van der Waals surface area (Å²) in [5.74, 6) is 0. The van der Waals surface area contributed by atoms with E-state index in [-0.39, 0.29) is 0 Å².